The molecule has 0 radical (unpaired) electrons. The van der Waals surface area contributed by atoms with Crippen molar-refractivity contribution in [3.8, 4) is 11.4 Å². The summed E-state index contributed by atoms with van der Waals surface area (Å²) in [6.45, 7) is 7.80. The first-order valence-electron chi connectivity index (χ1n) is 10.1. The second kappa shape index (κ2) is 8.96. The molecule has 0 unspecified atom stereocenters. The maximum atomic E-state index is 13.3. The van der Waals surface area contributed by atoms with E-state index in [1.165, 1.54) is 23.9 Å². The number of thioether (sulfide) groups is 1. The van der Waals surface area contributed by atoms with Gasteiger partial charge < -0.3 is 5.32 Å². The van der Waals surface area contributed by atoms with Gasteiger partial charge in [0.15, 0.2) is 5.16 Å². The molecule has 0 fully saturated rings. The van der Waals surface area contributed by atoms with E-state index in [4.69, 9.17) is 0 Å². The normalized spacial score (nSPS) is 11.0. The Morgan fingerprint density at radius 3 is 2.53 bits per heavy atom. The molecule has 2 aromatic carbocycles. The number of carbonyl (C=O) groups excluding carboxylic acids is 1. The summed E-state index contributed by atoms with van der Waals surface area (Å²) in [7, 11) is 0. The van der Waals surface area contributed by atoms with Crippen LogP contribution in [0, 0.1) is 33.5 Å². The molecule has 9 heteroatoms. The maximum absolute atomic E-state index is 13.3. The summed E-state index contributed by atoms with van der Waals surface area (Å²) in [5.41, 5.74) is 4.64. The van der Waals surface area contributed by atoms with Crippen molar-refractivity contribution in [2.45, 2.75) is 32.9 Å². The molecule has 7 nitrogen and oxygen atoms in total. The van der Waals surface area contributed by atoms with Crippen molar-refractivity contribution in [1.82, 2.24) is 24.5 Å². The fourth-order valence-electron chi connectivity index (χ4n) is 3.35. The number of amides is 1. The Morgan fingerprint density at radius 2 is 1.78 bits per heavy atom. The van der Waals surface area contributed by atoms with E-state index in [9.17, 15) is 9.18 Å². The van der Waals surface area contributed by atoms with E-state index in [-0.39, 0.29) is 17.5 Å². The van der Waals surface area contributed by atoms with Crippen molar-refractivity contribution in [1.29, 1.82) is 0 Å². The largest absolute Gasteiger partial charge is 0.310 e. The molecule has 0 bridgehead atoms. The number of nitrogens with one attached hydrogen (secondary N) is 1. The number of halogens is 1. The van der Waals surface area contributed by atoms with Crippen molar-refractivity contribution in [2.24, 2.45) is 0 Å². The molecule has 1 N–H and O–H groups in total. The molecule has 4 rings (SSSR count). The number of nitrogens with zero attached hydrogens (tertiary/aromatic N) is 5. The van der Waals surface area contributed by atoms with Crippen LogP contribution in [0.1, 0.15) is 22.6 Å². The van der Waals surface area contributed by atoms with E-state index in [1.54, 1.807) is 22.9 Å². The van der Waals surface area contributed by atoms with E-state index in [2.05, 4.69) is 38.8 Å². The van der Waals surface area contributed by atoms with Gasteiger partial charge in [-0.05, 0) is 69.2 Å². The Hall–Kier alpha value is -3.46. The van der Waals surface area contributed by atoms with Gasteiger partial charge in [-0.1, -0.05) is 23.9 Å². The average Bonchev–Trinajstić information content (AvgIpc) is 3.30. The van der Waals surface area contributed by atoms with E-state index >= 15 is 0 Å². The molecule has 32 heavy (non-hydrogen) atoms. The summed E-state index contributed by atoms with van der Waals surface area (Å²) in [6, 6.07) is 13.9. The van der Waals surface area contributed by atoms with E-state index < -0.39 is 0 Å². The Bertz CT molecular complexity index is 1280. The van der Waals surface area contributed by atoms with Crippen LogP contribution in [-0.4, -0.2) is 36.2 Å². The first kappa shape index (κ1) is 21.8. The number of benzene rings is 2. The molecule has 0 saturated heterocycles. The highest BCUT2D eigenvalue weighted by Crippen LogP contribution is 2.25. The van der Waals surface area contributed by atoms with Crippen LogP contribution in [0.5, 0.6) is 0 Å². The van der Waals surface area contributed by atoms with E-state index in [0.717, 1.165) is 28.3 Å². The van der Waals surface area contributed by atoms with Crippen molar-refractivity contribution in [3.05, 3.63) is 77.0 Å². The molecule has 0 aliphatic heterocycles. The molecule has 1 amide bonds. The van der Waals surface area contributed by atoms with Crippen LogP contribution < -0.4 is 5.32 Å². The van der Waals surface area contributed by atoms with Crippen LogP contribution in [0.4, 0.5) is 10.2 Å². The topological polar surface area (TPSA) is 77.6 Å². The zero-order chi connectivity index (χ0) is 22.8. The fourth-order valence-corrected chi connectivity index (χ4v) is 4.14. The van der Waals surface area contributed by atoms with Crippen LogP contribution in [-0.2, 0) is 4.79 Å². The highest BCUT2D eigenvalue weighted by molar-refractivity contribution is 7.99. The number of anilines is 1. The predicted molar refractivity (Wildman–Crippen MR) is 123 cm³/mol. The Labute approximate surface area is 189 Å². The summed E-state index contributed by atoms with van der Waals surface area (Å²) >= 11 is 1.31. The molecule has 0 aliphatic rings. The Morgan fingerprint density at radius 1 is 1.03 bits per heavy atom. The molecule has 4 aromatic rings. The van der Waals surface area contributed by atoms with E-state index in [0.29, 0.717) is 16.7 Å². The summed E-state index contributed by atoms with van der Waals surface area (Å²) in [5.74, 6) is 0.893. The molecule has 2 heterocycles. The third-order valence-electron chi connectivity index (χ3n) is 4.90. The van der Waals surface area contributed by atoms with Crippen molar-refractivity contribution >= 4 is 23.5 Å². The van der Waals surface area contributed by atoms with Gasteiger partial charge in [0.1, 0.15) is 17.5 Å². The van der Waals surface area contributed by atoms with Crippen molar-refractivity contribution in [3.63, 3.8) is 0 Å². The quantitative estimate of drug-likeness (QED) is 0.436. The lowest BCUT2D eigenvalue weighted by Gasteiger charge is -2.12. The van der Waals surface area contributed by atoms with E-state index in [1.807, 2.05) is 32.3 Å². The van der Waals surface area contributed by atoms with Gasteiger partial charge in [-0.15, -0.1) is 10.2 Å². The first-order valence-corrected chi connectivity index (χ1v) is 11.1. The molecule has 0 aliphatic carbocycles. The minimum Gasteiger partial charge on any atom is -0.310 e. The first-order chi connectivity index (χ1) is 15.3. The summed E-state index contributed by atoms with van der Waals surface area (Å²) in [4.78, 5) is 12.7. The fraction of sp³-hybridized carbons (Fsp3) is 0.217. The number of aryl methyl sites for hydroxylation is 4. The number of hydrogen-bond donors (Lipinski definition) is 1. The molecule has 0 atom stereocenters. The van der Waals surface area contributed by atoms with Gasteiger partial charge in [0.2, 0.25) is 5.91 Å². The zero-order valence-corrected chi connectivity index (χ0v) is 19.1. The molecular weight excluding hydrogens is 427 g/mol. The summed E-state index contributed by atoms with van der Waals surface area (Å²) < 4.78 is 16.8. The lowest BCUT2D eigenvalue weighted by molar-refractivity contribution is -0.113. The van der Waals surface area contributed by atoms with Gasteiger partial charge >= 0.3 is 0 Å². The summed E-state index contributed by atoms with van der Waals surface area (Å²) in [6.07, 6.45) is 0. The monoisotopic (exact) mass is 450 g/mol. The minimum atomic E-state index is -0.331. The predicted octanol–water partition coefficient (Wildman–Crippen LogP) is 4.56. The van der Waals surface area contributed by atoms with Gasteiger partial charge in [-0.3, -0.25) is 9.36 Å². The van der Waals surface area contributed by atoms with Crippen LogP contribution in [0.25, 0.3) is 11.4 Å². The third-order valence-corrected chi connectivity index (χ3v) is 5.83. The van der Waals surface area contributed by atoms with Gasteiger partial charge in [0.05, 0.1) is 22.8 Å². The lowest BCUT2D eigenvalue weighted by atomic mass is 10.1. The second-order valence-electron chi connectivity index (χ2n) is 7.55. The van der Waals surface area contributed by atoms with Gasteiger partial charge in [0, 0.05) is 6.07 Å². The van der Waals surface area contributed by atoms with Crippen LogP contribution in [0.2, 0.25) is 0 Å². The van der Waals surface area contributed by atoms with Gasteiger partial charge in [-0.2, -0.15) is 5.10 Å². The van der Waals surface area contributed by atoms with Crippen molar-refractivity contribution < 1.29 is 9.18 Å². The highest BCUT2D eigenvalue weighted by Gasteiger charge is 2.16. The molecule has 164 valence electrons. The Kier molecular flexibility index (Phi) is 6.09. The SMILES string of the molecule is Cc1ccc(C)c(-n2c(C)nnc2SCC(=O)Nc2cc(C)nn2-c2ccc(F)cc2)c1. The summed E-state index contributed by atoms with van der Waals surface area (Å²) in [5, 5.41) is 16.4. The second-order valence-corrected chi connectivity index (χ2v) is 8.49. The third kappa shape index (κ3) is 4.57. The number of hydrogen-bond acceptors (Lipinski definition) is 5. The highest BCUT2D eigenvalue weighted by atomic mass is 32.2. The molecule has 0 spiro atoms. The van der Waals surface area contributed by atoms with Gasteiger partial charge in [0.25, 0.3) is 0 Å². The molecule has 2 aromatic heterocycles. The Balaban J connectivity index is 1.51. The smallest absolute Gasteiger partial charge is 0.236 e. The lowest BCUT2D eigenvalue weighted by Crippen LogP contribution is -2.17. The molecule has 0 saturated carbocycles. The molecular formula is C23H23FN6OS. The van der Waals surface area contributed by atoms with Gasteiger partial charge in [-0.25, -0.2) is 9.07 Å². The van der Waals surface area contributed by atoms with Crippen molar-refractivity contribution in [2.75, 3.05) is 11.1 Å². The number of aromatic nitrogens is 5. The standard InChI is InChI=1S/C23H23FN6OS/c1-14-5-6-15(2)20(11-14)29-17(4)26-27-23(29)32-13-22(31)25-21-12-16(3)28-30(21)19-9-7-18(24)8-10-19/h5-12H,13H2,1-4H3,(H,25,31). The maximum Gasteiger partial charge on any atom is 0.236 e. The van der Waals surface area contributed by atoms with Crippen LogP contribution in [0.15, 0.2) is 53.7 Å². The zero-order valence-electron chi connectivity index (χ0n) is 18.3. The van der Waals surface area contributed by atoms with Crippen LogP contribution >= 0.6 is 11.8 Å². The number of rotatable bonds is 6. The average molecular weight is 451 g/mol. The van der Waals surface area contributed by atoms with Crippen LogP contribution in [0.3, 0.4) is 0 Å². The minimum absolute atomic E-state index is 0.149. The number of carbonyl (C=O) groups is 1.